The number of ether oxygens (including phenoxy) is 1. The van der Waals surface area contributed by atoms with Crippen molar-refractivity contribution in [3.63, 3.8) is 0 Å². The van der Waals surface area contributed by atoms with E-state index >= 15 is 0 Å². The summed E-state index contributed by atoms with van der Waals surface area (Å²) in [5.74, 6) is -1.31. The highest BCUT2D eigenvalue weighted by atomic mass is 16.6. The number of carbonyl (C=O) groups is 1. The van der Waals surface area contributed by atoms with Gasteiger partial charge >= 0.3 is 11.7 Å². The third kappa shape index (κ3) is 3.71. The van der Waals surface area contributed by atoms with Crippen LogP contribution in [0.15, 0.2) is 30.0 Å². The van der Waals surface area contributed by atoms with E-state index in [4.69, 9.17) is 15.1 Å². The Bertz CT molecular complexity index is 604. The first-order valence-corrected chi connectivity index (χ1v) is 5.51. The lowest BCUT2D eigenvalue weighted by atomic mass is 10.2. The van der Waals surface area contributed by atoms with Gasteiger partial charge in [0, 0.05) is 24.0 Å². The maximum atomic E-state index is 10.8. The van der Waals surface area contributed by atoms with Crippen LogP contribution in [0.25, 0.3) is 0 Å². The molecule has 2 N–H and O–H groups in total. The van der Waals surface area contributed by atoms with Crippen molar-refractivity contribution in [3.05, 3.63) is 40.1 Å². The number of nitro benzene ring substituents is 1. The molecule has 0 amide bonds. The third-order valence-electron chi connectivity index (χ3n) is 2.19. The second-order valence-electron chi connectivity index (χ2n) is 3.49. The number of hydrogen-bond donors (Lipinski definition) is 2. The van der Waals surface area contributed by atoms with Crippen molar-refractivity contribution >= 4 is 17.3 Å². The summed E-state index contributed by atoms with van der Waals surface area (Å²) in [5.41, 5.74) is -0.311. The van der Waals surface area contributed by atoms with E-state index in [1.54, 1.807) is 6.92 Å². The zero-order valence-electron chi connectivity index (χ0n) is 10.5. The smallest absolute Gasteiger partial charge is 0.347 e. The summed E-state index contributed by atoms with van der Waals surface area (Å²) < 4.78 is 5.14. The van der Waals surface area contributed by atoms with Crippen LogP contribution in [0, 0.1) is 21.4 Å². The van der Waals surface area contributed by atoms with Crippen molar-refractivity contribution in [3.8, 4) is 11.8 Å². The molecule has 0 aromatic heterocycles. The number of anilines is 1. The van der Waals surface area contributed by atoms with Crippen LogP contribution in [-0.2, 0) is 4.79 Å². The van der Waals surface area contributed by atoms with Gasteiger partial charge in [0.15, 0.2) is 11.3 Å². The maximum Gasteiger partial charge on any atom is 0.347 e. The number of nitrogens with zero attached hydrogens (tertiary/aromatic N) is 2. The molecule has 0 saturated heterocycles. The molecular weight excluding hydrogens is 266 g/mol. The summed E-state index contributed by atoms with van der Waals surface area (Å²) in [6.07, 6.45) is 0.999. The molecule has 0 bridgehead atoms. The SMILES string of the molecule is CCOc1cc(N/C=C(/C#N)C(=O)O)ccc1[N+](=O)[O-]. The van der Waals surface area contributed by atoms with Gasteiger partial charge in [-0.25, -0.2) is 4.79 Å². The minimum absolute atomic E-state index is 0.0599. The Morgan fingerprint density at radius 2 is 2.35 bits per heavy atom. The first kappa shape index (κ1) is 15.0. The molecule has 0 spiro atoms. The number of hydrogen-bond acceptors (Lipinski definition) is 6. The number of nitro groups is 1. The van der Waals surface area contributed by atoms with Crippen molar-refractivity contribution in [1.82, 2.24) is 0 Å². The van der Waals surface area contributed by atoms with Crippen molar-refractivity contribution in [2.24, 2.45) is 0 Å². The number of nitriles is 1. The first-order chi connectivity index (χ1) is 9.49. The summed E-state index contributed by atoms with van der Waals surface area (Å²) in [6.45, 7) is 1.93. The van der Waals surface area contributed by atoms with Gasteiger partial charge in [-0.15, -0.1) is 0 Å². The van der Waals surface area contributed by atoms with Crippen LogP contribution in [0.4, 0.5) is 11.4 Å². The Morgan fingerprint density at radius 1 is 1.65 bits per heavy atom. The van der Waals surface area contributed by atoms with E-state index < -0.39 is 16.5 Å². The van der Waals surface area contributed by atoms with E-state index in [1.165, 1.54) is 24.3 Å². The Hall–Kier alpha value is -3.08. The van der Waals surface area contributed by atoms with Crippen molar-refractivity contribution in [2.75, 3.05) is 11.9 Å². The lowest BCUT2D eigenvalue weighted by Crippen LogP contribution is -2.02. The zero-order valence-corrected chi connectivity index (χ0v) is 10.5. The predicted molar refractivity (Wildman–Crippen MR) is 69.2 cm³/mol. The van der Waals surface area contributed by atoms with E-state index in [0.717, 1.165) is 6.20 Å². The Balaban J connectivity index is 3.04. The quantitative estimate of drug-likeness (QED) is 0.352. The van der Waals surface area contributed by atoms with Crippen LogP contribution in [0.1, 0.15) is 6.92 Å². The molecular formula is C12H11N3O5. The van der Waals surface area contributed by atoms with Gasteiger partial charge in [0.05, 0.1) is 11.5 Å². The van der Waals surface area contributed by atoms with Gasteiger partial charge in [-0.1, -0.05) is 0 Å². The molecule has 1 aromatic carbocycles. The highest BCUT2D eigenvalue weighted by Crippen LogP contribution is 2.30. The van der Waals surface area contributed by atoms with Crippen molar-refractivity contribution < 1.29 is 19.6 Å². The van der Waals surface area contributed by atoms with Gasteiger partial charge in [0.2, 0.25) is 0 Å². The second kappa shape index (κ2) is 6.75. The topological polar surface area (TPSA) is 125 Å². The summed E-state index contributed by atoms with van der Waals surface area (Å²) in [4.78, 5) is 20.8. The molecule has 8 heteroatoms. The lowest BCUT2D eigenvalue weighted by Gasteiger charge is -2.07. The van der Waals surface area contributed by atoms with Crippen LogP contribution in [0.5, 0.6) is 5.75 Å². The maximum absolute atomic E-state index is 10.8. The van der Waals surface area contributed by atoms with Gasteiger partial charge in [-0.2, -0.15) is 5.26 Å². The number of benzene rings is 1. The molecule has 0 unspecified atom stereocenters. The minimum atomic E-state index is -1.37. The summed E-state index contributed by atoms with van der Waals surface area (Å²) in [7, 11) is 0. The van der Waals surface area contributed by atoms with Gasteiger partial charge in [-0.3, -0.25) is 10.1 Å². The largest absolute Gasteiger partial charge is 0.487 e. The number of rotatable bonds is 6. The van der Waals surface area contributed by atoms with Gasteiger partial charge in [0.1, 0.15) is 6.07 Å². The van der Waals surface area contributed by atoms with E-state index in [-0.39, 0.29) is 18.0 Å². The van der Waals surface area contributed by atoms with E-state index in [1.807, 2.05) is 0 Å². The standard InChI is InChI=1S/C12H11N3O5/c1-2-20-11-5-9(3-4-10(11)15(18)19)14-7-8(6-13)12(16)17/h3-5,7,14H,2H2,1H3,(H,16,17)/b8-7-. The minimum Gasteiger partial charge on any atom is -0.487 e. The highest BCUT2D eigenvalue weighted by molar-refractivity contribution is 5.91. The molecule has 0 aliphatic carbocycles. The van der Waals surface area contributed by atoms with E-state index in [0.29, 0.717) is 5.69 Å². The van der Waals surface area contributed by atoms with Gasteiger partial charge < -0.3 is 15.2 Å². The van der Waals surface area contributed by atoms with Crippen LogP contribution < -0.4 is 10.1 Å². The molecule has 104 valence electrons. The predicted octanol–water partition coefficient (Wildman–Crippen LogP) is 1.90. The summed E-state index contributed by atoms with van der Waals surface area (Å²) in [6, 6.07) is 5.47. The fourth-order valence-electron chi connectivity index (χ4n) is 1.32. The monoisotopic (exact) mass is 277 g/mol. The molecule has 8 nitrogen and oxygen atoms in total. The summed E-state index contributed by atoms with van der Waals surface area (Å²) >= 11 is 0. The second-order valence-corrected chi connectivity index (χ2v) is 3.49. The van der Waals surface area contributed by atoms with Crippen molar-refractivity contribution in [2.45, 2.75) is 6.92 Å². The molecule has 1 rings (SSSR count). The van der Waals surface area contributed by atoms with E-state index in [2.05, 4.69) is 5.32 Å². The molecule has 0 fully saturated rings. The molecule has 0 radical (unpaired) electrons. The molecule has 0 aliphatic heterocycles. The molecule has 1 aromatic rings. The van der Waals surface area contributed by atoms with Crippen LogP contribution in [0.3, 0.4) is 0 Å². The van der Waals surface area contributed by atoms with Crippen molar-refractivity contribution in [1.29, 1.82) is 5.26 Å². The zero-order chi connectivity index (χ0) is 15.1. The fourth-order valence-corrected chi connectivity index (χ4v) is 1.32. The number of carboxylic acid groups (broad SMARTS) is 1. The highest BCUT2D eigenvalue weighted by Gasteiger charge is 2.15. The molecule has 0 heterocycles. The van der Waals surface area contributed by atoms with E-state index in [9.17, 15) is 14.9 Å². The number of aliphatic carboxylic acids is 1. The average molecular weight is 277 g/mol. The van der Waals surface area contributed by atoms with Crippen LogP contribution >= 0.6 is 0 Å². The lowest BCUT2D eigenvalue weighted by molar-refractivity contribution is -0.385. The number of nitrogens with one attached hydrogen (secondary N) is 1. The number of carboxylic acids is 1. The Morgan fingerprint density at radius 3 is 2.85 bits per heavy atom. The third-order valence-corrected chi connectivity index (χ3v) is 2.19. The van der Waals surface area contributed by atoms with Gasteiger partial charge in [0.25, 0.3) is 0 Å². The Kier molecular flexibility index (Phi) is 5.05. The molecule has 20 heavy (non-hydrogen) atoms. The molecule has 0 saturated carbocycles. The Labute approximate surface area is 114 Å². The van der Waals surface area contributed by atoms with Crippen LogP contribution in [-0.4, -0.2) is 22.6 Å². The van der Waals surface area contributed by atoms with Crippen LogP contribution in [0.2, 0.25) is 0 Å². The summed E-state index contributed by atoms with van der Waals surface area (Å²) in [5, 5.41) is 30.6. The molecule has 0 aliphatic rings. The average Bonchev–Trinajstić information content (AvgIpc) is 2.39. The fraction of sp³-hybridized carbons (Fsp3) is 0.167. The first-order valence-electron chi connectivity index (χ1n) is 5.51. The normalized spacial score (nSPS) is 10.5. The molecule has 0 atom stereocenters. The van der Waals surface area contributed by atoms with Gasteiger partial charge in [-0.05, 0) is 13.0 Å².